The fraction of sp³-hybridized carbons (Fsp3) is 0.429. The molecule has 0 unspecified atom stereocenters. The summed E-state index contributed by atoms with van der Waals surface area (Å²) >= 11 is 0. The van der Waals surface area contributed by atoms with Gasteiger partial charge in [-0.25, -0.2) is 4.39 Å². The van der Waals surface area contributed by atoms with Gasteiger partial charge in [0.05, 0.1) is 18.5 Å². The predicted octanol–water partition coefficient (Wildman–Crippen LogP) is 6.20. The SMILES string of the molecule is COc1ccc2nccc(CCC[C@@H]3CCN(CCCc4ccccc4F)C[C@@H]3C(=O)O)c2c1.Cl.Cl. The van der Waals surface area contributed by atoms with E-state index >= 15 is 0 Å². The van der Waals surface area contributed by atoms with Gasteiger partial charge >= 0.3 is 5.97 Å². The number of hydrogen-bond donors (Lipinski definition) is 1. The second-order valence-electron chi connectivity index (χ2n) is 9.23. The number of piperidine rings is 1. The van der Waals surface area contributed by atoms with Crippen molar-refractivity contribution in [2.24, 2.45) is 11.8 Å². The minimum Gasteiger partial charge on any atom is -0.497 e. The topological polar surface area (TPSA) is 62.7 Å². The maximum atomic E-state index is 13.8. The zero-order valence-corrected chi connectivity index (χ0v) is 22.2. The standard InChI is InChI=1S/C28H33FN2O3.2ClH/c1-34-23-11-12-27-24(18-23)20(13-15-30-27)7-4-8-21-14-17-31(19-25(21)28(32)33)16-5-9-22-6-2-3-10-26(22)29;;/h2-3,6,10-13,15,18,21,25H,4-5,7-9,14,16-17,19H2,1H3,(H,32,33);2*1H/t21-,25+;;/m1../s1. The summed E-state index contributed by atoms with van der Waals surface area (Å²) in [5.74, 6) is -0.220. The third kappa shape index (κ3) is 7.55. The molecular formula is C28H35Cl2FN2O3. The number of nitrogens with zero attached hydrogens (tertiary/aromatic N) is 2. The lowest BCUT2D eigenvalue weighted by Gasteiger charge is -2.36. The van der Waals surface area contributed by atoms with E-state index in [0.717, 1.165) is 67.4 Å². The fourth-order valence-electron chi connectivity index (χ4n) is 5.17. The molecule has 0 spiro atoms. The molecule has 1 aromatic heterocycles. The lowest BCUT2D eigenvalue weighted by molar-refractivity contribution is -0.146. The predicted molar refractivity (Wildman–Crippen MR) is 146 cm³/mol. The van der Waals surface area contributed by atoms with Crippen molar-refractivity contribution in [1.82, 2.24) is 9.88 Å². The lowest BCUT2D eigenvalue weighted by atomic mass is 9.81. The molecule has 1 N–H and O–H groups in total. The third-order valence-electron chi connectivity index (χ3n) is 7.10. The van der Waals surface area contributed by atoms with Crippen molar-refractivity contribution < 1.29 is 19.0 Å². The number of carbonyl (C=O) groups is 1. The summed E-state index contributed by atoms with van der Waals surface area (Å²) < 4.78 is 19.2. The summed E-state index contributed by atoms with van der Waals surface area (Å²) in [5.41, 5.74) is 2.90. The minimum atomic E-state index is -0.706. The Labute approximate surface area is 224 Å². The molecule has 2 atom stereocenters. The maximum absolute atomic E-state index is 13.8. The third-order valence-corrected chi connectivity index (χ3v) is 7.10. The summed E-state index contributed by atoms with van der Waals surface area (Å²) in [6.45, 7) is 2.28. The second kappa shape index (κ2) is 14.4. The van der Waals surface area contributed by atoms with E-state index in [-0.39, 0.29) is 42.5 Å². The van der Waals surface area contributed by atoms with Crippen LogP contribution in [0.2, 0.25) is 0 Å². The summed E-state index contributed by atoms with van der Waals surface area (Å²) in [6, 6.07) is 14.8. The summed E-state index contributed by atoms with van der Waals surface area (Å²) in [6.07, 6.45) is 6.96. The van der Waals surface area contributed by atoms with Crippen molar-refractivity contribution >= 4 is 41.7 Å². The maximum Gasteiger partial charge on any atom is 0.308 e. The Morgan fingerprint density at radius 1 is 1.11 bits per heavy atom. The smallest absolute Gasteiger partial charge is 0.308 e. The van der Waals surface area contributed by atoms with Crippen molar-refractivity contribution in [1.29, 1.82) is 0 Å². The van der Waals surface area contributed by atoms with Crippen LogP contribution >= 0.6 is 24.8 Å². The van der Waals surface area contributed by atoms with Crippen LogP contribution in [-0.2, 0) is 17.6 Å². The molecule has 0 saturated carbocycles. The number of aliphatic carboxylic acids is 1. The number of aryl methyl sites for hydroxylation is 2. The molecule has 0 bridgehead atoms. The van der Waals surface area contributed by atoms with Crippen LogP contribution in [0.5, 0.6) is 5.75 Å². The molecule has 0 aliphatic carbocycles. The summed E-state index contributed by atoms with van der Waals surface area (Å²) in [5, 5.41) is 11.0. The summed E-state index contributed by atoms with van der Waals surface area (Å²) in [7, 11) is 1.66. The van der Waals surface area contributed by atoms with Crippen molar-refractivity contribution in [2.45, 2.75) is 38.5 Å². The number of aromatic nitrogens is 1. The first-order chi connectivity index (χ1) is 16.5. The van der Waals surface area contributed by atoms with Gasteiger partial charge in [-0.15, -0.1) is 24.8 Å². The number of methoxy groups -OCH3 is 1. The van der Waals surface area contributed by atoms with Gasteiger partial charge in [0.25, 0.3) is 0 Å². The van der Waals surface area contributed by atoms with Crippen molar-refractivity contribution in [3.05, 3.63) is 71.7 Å². The van der Waals surface area contributed by atoms with Crippen LogP contribution in [0.25, 0.3) is 10.9 Å². The number of ether oxygens (including phenoxy) is 1. The second-order valence-corrected chi connectivity index (χ2v) is 9.23. The quantitative estimate of drug-likeness (QED) is 0.334. The molecule has 8 heteroatoms. The molecule has 1 aliphatic rings. The van der Waals surface area contributed by atoms with Gasteiger partial charge < -0.3 is 14.7 Å². The van der Waals surface area contributed by atoms with E-state index in [0.29, 0.717) is 13.0 Å². The van der Waals surface area contributed by atoms with Crippen LogP contribution in [0, 0.1) is 17.7 Å². The van der Waals surface area contributed by atoms with Gasteiger partial charge in [-0.05, 0) is 99.0 Å². The zero-order valence-electron chi connectivity index (χ0n) is 20.6. The molecule has 5 nitrogen and oxygen atoms in total. The van der Waals surface area contributed by atoms with Gasteiger partial charge in [0.2, 0.25) is 0 Å². The van der Waals surface area contributed by atoms with Gasteiger partial charge in [-0.1, -0.05) is 18.2 Å². The Morgan fingerprint density at radius 3 is 2.64 bits per heavy atom. The Hall–Kier alpha value is -2.41. The monoisotopic (exact) mass is 536 g/mol. The fourth-order valence-corrected chi connectivity index (χ4v) is 5.17. The minimum absolute atomic E-state index is 0. The number of rotatable bonds is 10. The number of carboxylic acids is 1. The van der Waals surface area contributed by atoms with E-state index in [9.17, 15) is 14.3 Å². The number of benzene rings is 2. The van der Waals surface area contributed by atoms with E-state index in [2.05, 4.69) is 16.0 Å². The first kappa shape index (κ1) is 29.8. The zero-order chi connectivity index (χ0) is 23.9. The highest BCUT2D eigenvalue weighted by Crippen LogP contribution is 2.30. The van der Waals surface area contributed by atoms with E-state index in [1.807, 2.05) is 36.5 Å². The van der Waals surface area contributed by atoms with Crippen LogP contribution in [-0.4, -0.2) is 47.7 Å². The van der Waals surface area contributed by atoms with Crippen LogP contribution in [0.15, 0.2) is 54.7 Å². The molecule has 0 radical (unpaired) electrons. The molecule has 0 amide bonds. The molecular weight excluding hydrogens is 502 g/mol. The molecule has 3 aromatic rings. The number of fused-ring (bicyclic) bond motifs is 1. The first-order valence-corrected chi connectivity index (χ1v) is 12.2. The average Bonchev–Trinajstić information content (AvgIpc) is 2.85. The summed E-state index contributed by atoms with van der Waals surface area (Å²) in [4.78, 5) is 18.7. The Morgan fingerprint density at radius 2 is 1.89 bits per heavy atom. The van der Waals surface area contributed by atoms with Gasteiger partial charge in [-0.2, -0.15) is 0 Å². The van der Waals surface area contributed by atoms with Gasteiger partial charge in [0, 0.05) is 18.1 Å². The van der Waals surface area contributed by atoms with Crippen molar-refractivity contribution in [3.63, 3.8) is 0 Å². The van der Waals surface area contributed by atoms with Gasteiger partial charge in [0.1, 0.15) is 11.6 Å². The molecule has 1 aliphatic heterocycles. The number of carboxylic acid groups (broad SMARTS) is 1. The molecule has 1 saturated heterocycles. The average molecular weight is 538 g/mol. The van der Waals surface area contributed by atoms with Crippen LogP contribution < -0.4 is 4.74 Å². The Bertz CT molecular complexity index is 1130. The van der Waals surface area contributed by atoms with E-state index in [4.69, 9.17) is 4.74 Å². The first-order valence-electron chi connectivity index (χ1n) is 12.2. The molecule has 196 valence electrons. The molecule has 1 fully saturated rings. The molecule has 2 aromatic carbocycles. The highest BCUT2D eigenvalue weighted by Gasteiger charge is 2.33. The Kier molecular flexibility index (Phi) is 11.9. The Balaban J connectivity index is 0.00000228. The van der Waals surface area contributed by atoms with Crippen LogP contribution in [0.1, 0.15) is 36.8 Å². The number of pyridine rings is 1. The van der Waals surface area contributed by atoms with Crippen molar-refractivity contribution in [2.75, 3.05) is 26.7 Å². The molecule has 36 heavy (non-hydrogen) atoms. The van der Waals surface area contributed by atoms with E-state index in [1.165, 1.54) is 11.6 Å². The number of hydrogen-bond acceptors (Lipinski definition) is 4. The lowest BCUT2D eigenvalue weighted by Crippen LogP contribution is -2.44. The molecule has 2 heterocycles. The molecule has 4 rings (SSSR count). The highest BCUT2D eigenvalue weighted by atomic mass is 35.5. The van der Waals surface area contributed by atoms with Gasteiger partial charge in [0.15, 0.2) is 0 Å². The van der Waals surface area contributed by atoms with Crippen LogP contribution in [0.3, 0.4) is 0 Å². The highest BCUT2D eigenvalue weighted by molar-refractivity contribution is 5.85. The van der Waals surface area contributed by atoms with Gasteiger partial charge in [-0.3, -0.25) is 9.78 Å². The van der Waals surface area contributed by atoms with E-state index in [1.54, 1.807) is 13.2 Å². The number of halogens is 3. The largest absolute Gasteiger partial charge is 0.497 e. The number of likely N-dealkylation sites (tertiary alicyclic amines) is 1. The normalized spacial score (nSPS) is 17.7. The van der Waals surface area contributed by atoms with Crippen molar-refractivity contribution in [3.8, 4) is 5.75 Å². The van der Waals surface area contributed by atoms with Crippen LogP contribution in [0.4, 0.5) is 4.39 Å². The van der Waals surface area contributed by atoms with E-state index < -0.39 is 5.97 Å².